The fourth-order valence-electron chi connectivity index (χ4n) is 1.53. The highest BCUT2D eigenvalue weighted by Crippen LogP contribution is 2.09. The zero-order chi connectivity index (χ0) is 12.8. The molecule has 1 aromatic heterocycles. The van der Waals surface area contributed by atoms with Crippen molar-refractivity contribution >= 4 is 0 Å². The first kappa shape index (κ1) is 12.1. The number of nitrogens with zero attached hydrogens (tertiary/aromatic N) is 3. The summed E-state index contributed by atoms with van der Waals surface area (Å²) in [7, 11) is 0. The lowest BCUT2D eigenvalue weighted by Crippen LogP contribution is -2.14. The zero-order valence-electron chi connectivity index (χ0n) is 9.60. The molecule has 18 heavy (non-hydrogen) atoms. The van der Waals surface area contributed by atoms with Crippen LogP contribution in [0.5, 0.6) is 0 Å². The van der Waals surface area contributed by atoms with Crippen molar-refractivity contribution in [2.75, 3.05) is 0 Å². The Labute approximate surface area is 104 Å². The van der Waals surface area contributed by atoms with Gasteiger partial charge in [0, 0.05) is 24.8 Å². The molecule has 0 spiro atoms. The minimum Gasteiger partial charge on any atom is -0.307 e. The second-order valence-electron chi connectivity index (χ2n) is 3.72. The van der Waals surface area contributed by atoms with E-state index in [0.717, 1.165) is 5.69 Å². The Hall–Kier alpha value is -2.32. The summed E-state index contributed by atoms with van der Waals surface area (Å²) >= 11 is 0. The summed E-state index contributed by atoms with van der Waals surface area (Å²) in [6.45, 7) is 0.879. The van der Waals surface area contributed by atoms with Gasteiger partial charge in [-0.1, -0.05) is 0 Å². The van der Waals surface area contributed by atoms with Crippen molar-refractivity contribution in [3.8, 4) is 6.07 Å². The van der Waals surface area contributed by atoms with Gasteiger partial charge in [0.05, 0.1) is 17.3 Å². The standard InChI is InChI=1S/C13H11FN4/c14-13-2-1-10(6-15)5-11(13)7-17-8-12-3-4-16-9-18-12/h1-5,9,17H,7-8H2. The van der Waals surface area contributed by atoms with Crippen molar-refractivity contribution < 1.29 is 4.39 Å². The Morgan fingerprint density at radius 3 is 2.89 bits per heavy atom. The summed E-state index contributed by atoms with van der Waals surface area (Å²) in [5.41, 5.74) is 1.76. The van der Waals surface area contributed by atoms with E-state index < -0.39 is 0 Å². The Morgan fingerprint density at radius 1 is 1.28 bits per heavy atom. The Morgan fingerprint density at radius 2 is 2.17 bits per heavy atom. The first-order valence-electron chi connectivity index (χ1n) is 5.44. The van der Waals surface area contributed by atoms with Crippen molar-refractivity contribution in [3.63, 3.8) is 0 Å². The van der Waals surface area contributed by atoms with E-state index in [4.69, 9.17) is 5.26 Å². The molecule has 0 aliphatic rings. The van der Waals surface area contributed by atoms with E-state index in [9.17, 15) is 4.39 Å². The number of nitrogens with one attached hydrogen (secondary N) is 1. The smallest absolute Gasteiger partial charge is 0.127 e. The summed E-state index contributed by atoms with van der Waals surface area (Å²) in [6, 6.07) is 8.09. The van der Waals surface area contributed by atoms with Crippen LogP contribution in [0.15, 0.2) is 36.8 Å². The minimum atomic E-state index is -0.316. The Kier molecular flexibility index (Phi) is 3.94. The van der Waals surface area contributed by atoms with E-state index >= 15 is 0 Å². The summed E-state index contributed by atoms with van der Waals surface area (Å²) in [5.74, 6) is -0.316. The van der Waals surface area contributed by atoms with Crippen LogP contribution >= 0.6 is 0 Å². The van der Waals surface area contributed by atoms with Crippen LogP contribution in [-0.2, 0) is 13.1 Å². The lowest BCUT2D eigenvalue weighted by atomic mass is 10.1. The van der Waals surface area contributed by atoms with Crippen molar-refractivity contribution in [1.29, 1.82) is 5.26 Å². The molecule has 0 fully saturated rings. The van der Waals surface area contributed by atoms with Gasteiger partial charge in [0.25, 0.3) is 0 Å². The highest BCUT2D eigenvalue weighted by Gasteiger charge is 2.03. The maximum absolute atomic E-state index is 13.5. The van der Waals surface area contributed by atoms with Crippen LogP contribution in [0.4, 0.5) is 4.39 Å². The van der Waals surface area contributed by atoms with Gasteiger partial charge in [-0.15, -0.1) is 0 Å². The van der Waals surface area contributed by atoms with Crippen molar-refractivity contribution in [1.82, 2.24) is 15.3 Å². The lowest BCUT2D eigenvalue weighted by Gasteiger charge is -2.05. The average Bonchev–Trinajstić information content (AvgIpc) is 2.42. The van der Waals surface area contributed by atoms with Gasteiger partial charge < -0.3 is 5.32 Å². The molecule has 0 atom stereocenters. The maximum atomic E-state index is 13.5. The SMILES string of the molecule is N#Cc1ccc(F)c(CNCc2ccncn2)c1. The molecule has 0 amide bonds. The molecule has 0 aliphatic heterocycles. The van der Waals surface area contributed by atoms with E-state index in [2.05, 4.69) is 15.3 Å². The summed E-state index contributed by atoms with van der Waals surface area (Å²) in [5, 5.41) is 11.8. The van der Waals surface area contributed by atoms with Gasteiger partial charge in [-0.25, -0.2) is 14.4 Å². The monoisotopic (exact) mass is 242 g/mol. The topological polar surface area (TPSA) is 61.6 Å². The third-order valence-corrected chi connectivity index (χ3v) is 2.44. The number of hydrogen-bond acceptors (Lipinski definition) is 4. The van der Waals surface area contributed by atoms with E-state index in [-0.39, 0.29) is 5.82 Å². The molecule has 0 bridgehead atoms. The van der Waals surface area contributed by atoms with Gasteiger partial charge in [0.2, 0.25) is 0 Å². The minimum absolute atomic E-state index is 0.316. The molecule has 0 saturated heterocycles. The van der Waals surface area contributed by atoms with Gasteiger partial charge >= 0.3 is 0 Å². The van der Waals surface area contributed by atoms with Crippen LogP contribution in [0.3, 0.4) is 0 Å². The molecule has 1 N–H and O–H groups in total. The van der Waals surface area contributed by atoms with E-state index in [1.807, 2.05) is 6.07 Å². The largest absolute Gasteiger partial charge is 0.307 e. The van der Waals surface area contributed by atoms with Gasteiger partial charge in [-0.05, 0) is 24.3 Å². The number of nitriles is 1. The zero-order valence-corrected chi connectivity index (χ0v) is 9.60. The van der Waals surface area contributed by atoms with E-state index in [1.165, 1.54) is 18.5 Å². The molecule has 90 valence electrons. The molecule has 2 rings (SSSR count). The van der Waals surface area contributed by atoms with Crippen molar-refractivity contribution in [2.45, 2.75) is 13.1 Å². The van der Waals surface area contributed by atoms with E-state index in [0.29, 0.717) is 24.2 Å². The van der Waals surface area contributed by atoms with Gasteiger partial charge in [0.15, 0.2) is 0 Å². The normalized spacial score (nSPS) is 10.0. The highest BCUT2D eigenvalue weighted by molar-refractivity contribution is 5.33. The average molecular weight is 242 g/mol. The van der Waals surface area contributed by atoms with Crippen LogP contribution in [-0.4, -0.2) is 9.97 Å². The molecule has 1 heterocycles. The number of aromatic nitrogens is 2. The lowest BCUT2D eigenvalue weighted by molar-refractivity contribution is 0.585. The van der Waals surface area contributed by atoms with Crippen LogP contribution in [0, 0.1) is 17.1 Å². The molecule has 0 unspecified atom stereocenters. The predicted molar refractivity (Wildman–Crippen MR) is 63.7 cm³/mol. The molecular weight excluding hydrogens is 231 g/mol. The first-order valence-corrected chi connectivity index (χ1v) is 5.44. The number of benzene rings is 1. The fraction of sp³-hybridized carbons (Fsp3) is 0.154. The molecule has 5 heteroatoms. The van der Waals surface area contributed by atoms with Crippen molar-refractivity contribution in [3.05, 3.63) is 59.4 Å². The van der Waals surface area contributed by atoms with Crippen LogP contribution in [0.1, 0.15) is 16.8 Å². The summed E-state index contributed by atoms with van der Waals surface area (Å²) in [6.07, 6.45) is 3.12. The maximum Gasteiger partial charge on any atom is 0.127 e. The van der Waals surface area contributed by atoms with Gasteiger partial charge in [-0.3, -0.25) is 0 Å². The number of hydrogen-bond donors (Lipinski definition) is 1. The molecule has 4 nitrogen and oxygen atoms in total. The van der Waals surface area contributed by atoms with Crippen molar-refractivity contribution in [2.24, 2.45) is 0 Å². The van der Waals surface area contributed by atoms with Gasteiger partial charge in [-0.2, -0.15) is 5.26 Å². The second kappa shape index (κ2) is 5.84. The van der Waals surface area contributed by atoms with Gasteiger partial charge in [0.1, 0.15) is 12.1 Å². The Balaban J connectivity index is 1.96. The highest BCUT2D eigenvalue weighted by atomic mass is 19.1. The fourth-order valence-corrected chi connectivity index (χ4v) is 1.53. The predicted octanol–water partition coefficient (Wildman–Crippen LogP) is 1.78. The molecule has 2 aromatic rings. The Bertz CT molecular complexity index is 563. The summed E-state index contributed by atoms with van der Waals surface area (Å²) < 4.78 is 13.5. The molecule has 0 radical (unpaired) electrons. The molecule has 0 aliphatic carbocycles. The number of rotatable bonds is 4. The van der Waals surface area contributed by atoms with E-state index in [1.54, 1.807) is 18.3 Å². The molecule has 1 aromatic carbocycles. The molecular formula is C13H11FN4. The molecule has 0 saturated carbocycles. The second-order valence-corrected chi connectivity index (χ2v) is 3.72. The first-order chi connectivity index (χ1) is 8.79. The van der Waals surface area contributed by atoms with Crippen LogP contribution in [0.2, 0.25) is 0 Å². The third-order valence-electron chi connectivity index (χ3n) is 2.44. The van der Waals surface area contributed by atoms with Crippen LogP contribution in [0.25, 0.3) is 0 Å². The summed E-state index contributed by atoms with van der Waals surface area (Å²) in [4.78, 5) is 7.86. The quantitative estimate of drug-likeness (QED) is 0.887. The third kappa shape index (κ3) is 3.09. The number of halogens is 1. The van der Waals surface area contributed by atoms with Crippen LogP contribution < -0.4 is 5.32 Å².